The highest BCUT2D eigenvalue weighted by Gasteiger charge is 2.30. The summed E-state index contributed by atoms with van der Waals surface area (Å²) in [6.45, 7) is 8.78. The van der Waals surface area contributed by atoms with Gasteiger partial charge in [-0.05, 0) is 109 Å². The van der Waals surface area contributed by atoms with E-state index in [2.05, 4.69) is 56.8 Å². The summed E-state index contributed by atoms with van der Waals surface area (Å²) in [6, 6.07) is 16.9. The first-order valence-electron chi connectivity index (χ1n) is 20.9. The fraction of sp³-hybridized carbons (Fsp3) is 0.478. The number of aryl methyl sites for hydroxylation is 2. The van der Waals surface area contributed by atoms with Gasteiger partial charge in [-0.3, -0.25) is 9.59 Å². The maximum absolute atomic E-state index is 11.8. The van der Waals surface area contributed by atoms with E-state index in [-0.39, 0.29) is 24.0 Å². The van der Waals surface area contributed by atoms with E-state index < -0.39 is 0 Å². The smallest absolute Gasteiger partial charge is 0.253 e. The highest BCUT2D eigenvalue weighted by molar-refractivity contribution is 5.98. The van der Waals surface area contributed by atoms with Crippen LogP contribution in [0, 0.1) is 13.8 Å². The van der Waals surface area contributed by atoms with Crippen molar-refractivity contribution in [3.63, 3.8) is 0 Å². The molecule has 2 N–H and O–H groups in total. The van der Waals surface area contributed by atoms with Gasteiger partial charge in [0.2, 0.25) is 0 Å². The molecule has 0 unspecified atom stereocenters. The van der Waals surface area contributed by atoms with Crippen LogP contribution >= 0.6 is 0 Å². The molecule has 12 heteroatoms. The Morgan fingerprint density at radius 2 is 0.948 bits per heavy atom. The number of ether oxygens (including phenoxy) is 4. The van der Waals surface area contributed by atoms with Gasteiger partial charge in [0.05, 0.1) is 47.8 Å². The van der Waals surface area contributed by atoms with Crippen LogP contribution in [-0.2, 0) is 48.2 Å². The molecule has 0 radical (unpaired) electrons. The molecule has 2 aliphatic carbocycles. The number of pyridine rings is 2. The molecule has 2 atom stereocenters. The van der Waals surface area contributed by atoms with Gasteiger partial charge in [-0.2, -0.15) is 0 Å². The maximum atomic E-state index is 11.8. The van der Waals surface area contributed by atoms with E-state index in [1.54, 1.807) is 14.2 Å². The summed E-state index contributed by atoms with van der Waals surface area (Å²) in [4.78, 5) is 37.9. The van der Waals surface area contributed by atoms with Crippen molar-refractivity contribution in [3.05, 3.63) is 104 Å². The summed E-state index contributed by atoms with van der Waals surface area (Å²) < 4.78 is 23.6. The zero-order valence-corrected chi connectivity index (χ0v) is 34.1. The molecule has 4 aromatic rings. The molecule has 10 rings (SSSR count). The topological polar surface area (TPSA) is 127 Å². The van der Waals surface area contributed by atoms with E-state index in [9.17, 15) is 9.59 Å². The van der Waals surface area contributed by atoms with E-state index in [4.69, 9.17) is 28.9 Å². The molecule has 2 amide bonds. The molecule has 12 nitrogen and oxygen atoms in total. The molecule has 2 aromatic carbocycles. The summed E-state index contributed by atoms with van der Waals surface area (Å²) in [5, 5.41) is 5.71. The molecule has 0 bridgehead atoms. The van der Waals surface area contributed by atoms with E-state index in [0.29, 0.717) is 25.3 Å². The van der Waals surface area contributed by atoms with Crippen LogP contribution in [0.2, 0.25) is 0 Å². The maximum Gasteiger partial charge on any atom is 0.253 e. The quantitative estimate of drug-likeness (QED) is 0.234. The monoisotopic (exact) mass is 786 g/mol. The number of rotatable bonds is 8. The molecule has 6 heterocycles. The standard InChI is InChI=1S/2C23H27N3O3/c2*1-14-9-20-21(13-24-23(20)27)25-22(14)26-7-5-17(6-8-26)29-18-4-3-15-10-19(28-2)12-16(15)11-18/h2*3-4,9,11,17,19H,5-8,10,12-13H2,1-2H3,(H,24,27)/t2*19-/m10/s1. The lowest BCUT2D eigenvalue weighted by Gasteiger charge is -2.34. The largest absolute Gasteiger partial charge is 0.490 e. The van der Waals surface area contributed by atoms with Crippen LogP contribution in [0.3, 0.4) is 0 Å². The number of carbonyl (C=O) groups is 2. The number of methoxy groups -OCH3 is 2. The minimum atomic E-state index is -0.0135. The number of carbonyl (C=O) groups excluding carboxylic acids is 2. The SMILES string of the molecule is CO[C@@H]1Cc2ccc(OC3CCN(c4nc5c(cc4C)C(=O)NC5)CC3)cc2C1.CO[C@H]1Cc2ccc(OC3CCN(c4nc5c(cc4C)C(=O)NC5)CC3)cc2C1. The Morgan fingerprint density at radius 3 is 1.34 bits per heavy atom. The summed E-state index contributed by atoms with van der Waals surface area (Å²) in [5.74, 6) is 3.91. The third kappa shape index (κ3) is 7.84. The molecule has 2 fully saturated rings. The van der Waals surface area contributed by atoms with Gasteiger partial charge in [-0.1, -0.05) is 12.1 Å². The number of nitrogens with zero attached hydrogens (tertiary/aromatic N) is 4. The molecular formula is C46H54N6O6. The molecular weight excluding hydrogens is 733 g/mol. The Kier molecular flexibility index (Phi) is 10.7. The predicted octanol–water partition coefficient (Wildman–Crippen LogP) is 5.59. The minimum absolute atomic E-state index is 0.0135. The van der Waals surface area contributed by atoms with Crippen LogP contribution in [0.4, 0.5) is 11.6 Å². The number of aromatic nitrogens is 2. The lowest BCUT2D eigenvalue weighted by atomic mass is 10.1. The first-order valence-corrected chi connectivity index (χ1v) is 20.9. The van der Waals surface area contributed by atoms with Crippen LogP contribution in [0.1, 0.15) is 91.2 Å². The van der Waals surface area contributed by atoms with Crippen molar-refractivity contribution in [2.24, 2.45) is 0 Å². The number of benzene rings is 2. The Hall–Kier alpha value is -5.20. The van der Waals surface area contributed by atoms with Gasteiger partial charge < -0.3 is 39.4 Å². The van der Waals surface area contributed by atoms with E-state index in [0.717, 1.165) is 134 Å². The van der Waals surface area contributed by atoms with E-state index in [1.807, 2.05) is 26.0 Å². The molecule has 58 heavy (non-hydrogen) atoms. The Bertz CT molecular complexity index is 2060. The molecule has 0 saturated carbocycles. The van der Waals surface area contributed by atoms with Crippen molar-refractivity contribution >= 4 is 23.5 Å². The van der Waals surface area contributed by atoms with Gasteiger partial charge >= 0.3 is 0 Å². The summed E-state index contributed by atoms with van der Waals surface area (Å²) in [6.07, 6.45) is 8.86. The fourth-order valence-corrected chi connectivity index (χ4v) is 9.45. The van der Waals surface area contributed by atoms with Crippen molar-refractivity contribution in [2.75, 3.05) is 50.2 Å². The number of fused-ring (bicyclic) bond motifs is 4. The van der Waals surface area contributed by atoms with Crippen LogP contribution in [0.5, 0.6) is 11.5 Å². The molecule has 4 aliphatic heterocycles. The van der Waals surface area contributed by atoms with Gasteiger partial charge in [0.1, 0.15) is 35.3 Å². The first-order chi connectivity index (χ1) is 28.2. The Labute approximate surface area is 340 Å². The van der Waals surface area contributed by atoms with Crippen molar-refractivity contribution in [1.82, 2.24) is 20.6 Å². The summed E-state index contributed by atoms with van der Waals surface area (Å²) in [7, 11) is 3.57. The first kappa shape index (κ1) is 38.3. The second kappa shape index (κ2) is 16.2. The minimum Gasteiger partial charge on any atom is -0.490 e. The number of amides is 2. The Balaban J connectivity index is 0.000000150. The lowest BCUT2D eigenvalue weighted by Crippen LogP contribution is -2.39. The predicted molar refractivity (Wildman–Crippen MR) is 221 cm³/mol. The third-order valence-corrected chi connectivity index (χ3v) is 12.8. The van der Waals surface area contributed by atoms with Crippen molar-refractivity contribution in [2.45, 2.75) is 103 Å². The molecule has 2 saturated heterocycles. The number of piperidine rings is 2. The van der Waals surface area contributed by atoms with E-state index >= 15 is 0 Å². The number of hydrogen-bond acceptors (Lipinski definition) is 10. The van der Waals surface area contributed by atoms with Crippen LogP contribution in [-0.4, -0.2) is 86.6 Å². The van der Waals surface area contributed by atoms with E-state index in [1.165, 1.54) is 22.3 Å². The number of anilines is 2. The Morgan fingerprint density at radius 1 is 0.552 bits per heavy atom. The van der Waals surface area contributed by atoms with Gasteiger partial charge in [-0.15, -0.1) is 0 Å². The zero-order chi connectivity index (χ0) is 39.9. The van der Waals surface area contributed by atoms with Crippen LogP contribution < -0.4 is 29.9 Å². The highest BCUT2D eigenvalue weighted by atomic mass is 16.5. The second-order valence-electron chi connectivity index (χ2n) is 16.6. The number of hydrogen-bond donors (Lipinski definition) is 2. The lowest BCUT2D eigenvalue weighted by molar-refractivity contribution is 0.0957. The van der Waals surface area contributed by atoms with Gasteiger partial charge in [-0.25, -0.2) is 9.97 Å². The summed E-state index contributed by atoms with van der Waals surface area (Å²) in [5.41, 5.74) is 10.8. The normalized spacial score (nSPS) is 21.1. The highest BCUT2D eigenvalue weighted by Crippen LogP contribution is 2.33. The van der Waals surface area contributed by atoms with Gasteiger partial charge in [0.15, 0.2) is 0 Å². The average Bonchev–Trinajstić information content (AvgIpc) is 4.03. The van der Waals surface area contributed by atoms with Crippen molar-refractivity contribution in [1.29, 1.82) is 0 Å². The second-order valence-corrected chi connectivity index (χ2v) is 16.6. The van der Waals surface area contributed by atoms with Crippen LogP contribution in [0.25, 0.3) is 0 Å². The van der Waals surface area contributed by atoms with Gasteiger partial charge in [0.25, 0.3) is 11.8 Å². The molecule has 0 spiro atoms. The van der Waals surface area contributed by atoms with Crippen molar-refractivity contribution in [3.8, 4) is 11.5 Å². The molecule has 304 valence electrons. The summed E-state index contributed by atoms with van der Waals surface area (Å²) >= 11 is 0. The van der Waals surface area contributed by atoms with Crippen molar-refractivity contribution < 1.29 is 28.5 Å². The average molecular weight is 787 g/mol. The number of nitrogens with one attached hydrogen (secondary N) is 2. The fourth-order valence-electron chi connectivity index (χ4n) is 9.45. The zero-order valence-electron chi connectivity index (χ0n) is 34.1. The third-order valence-electron chi connectivity index (χ3n) is 12.8. The van der Waals surface area contributed by atoms with Gasteiger partial charge in [0, 0.05) is 66.1 Å². The molecule has 6 aliphatic rings. The molecule has 2 aromatic heterocycles. The van der Waals surface area contributed by atoms with Crippen LogP contribution in [0.15, 0.2) is 48.5 Å².